The summed E-state index contributed by atoms with van der Waals surface area (Å²) in [6.07, 6.45) is 0. The molecule has 0 aromatic heterocycles. The summed E-state index contributed by atoms with van der Waals surface area (Å²) in [5, 5.41) is 12.6. The monoisotopic (exact) mass is 229 g/mol. The van der Waals surface area contributed by atoms with Crippen molar-refractivity contribution in [2.45, 2.75) is 0 Å². The molecule has 0 bridgehead atoms. The Labute approximate surface area is 101 Å². The Balaban J connectivity index is 2.45. The molecule has 0 radical (unpaired) electrons. The van der Waals surface area contributed by atoms with E-state index in [9.17, 15) is 5.11 Å². The minimum Gasteiger partial charge on any atom is -0.504 e. The lowest BCUT2D eigenvalue weighted by atomic mass is 10.0. The number of benzene rings is 2. The predicted octanol–water partition coefficient (Wildman–Crippen LogP) is 3.11. The fraction of sp³-hybridized carbons (Fsp3) is 0.143. The highest BCUT2D eigenvalue weighted by Crippen LogP contribution is 2.32. The van der Waals surface area contributed by atoms with E-state index in [-0.39, 0.29) is 5.75 Å². The molecule has 0 unspecified atom stereocenters. The van der Waals surface area contributed by atoms with Crippen LogP contribution in [-0.2, 0) is 0 Å². The zero-order valence-corrected chi connectivity index (χ0v) is 9.90. The first-order valence-corrected chi connectivity index (χ1v) is 5.40. The summed E-state index contributed by atoms with van der Waals surface area (Å²) in [7, 11) is 3.43. The topological polar surface area (TPSA) is 41.5 Å². The van der Waals surface area contributed by atoms with Crippen molar-refractivity contribution in [2.75, 3.05) is 19.5 Å². The zero-order valence-electron chi connectivity index (χ0n) is 9.90. The molecule has 0 aliphatic carbocycles. The standard InChI is InChI=1S/C14H15NO2/c1-15-12-5-3-4-10(8-12)11-6-7-13(16)14(9-11)17-2/h3-9,15-16H,1-2H3. The highest BCUT2D eigenvalue weighted by atomic mass is 16.5. The van der Waals surface area contributed by atoms with E-state index in [4.69, 9.17) is 4.74 Å². The van der Waals surface area contributed by atoms with Crippen molar-refractivity contribution in [2.24, 2.45) is 0 Å². The number of phenolic OH excluding ortho intramolecular Hbond substituents is 1. The van der Waals surface area contributed by atoms with Gasteiger partial charge in [0.2, 0.25) is 0 Å². The Morgan fingerprint density at radius 3 is 2.53 bits per heavy atom. The lowest BCUT2D eigenvalue weighted by Gasteiger charge is -2.08. The summed E-state index contributed by atoms with van der Waals surface area (Å²) in [6, 6.07) is 13.4. The minimum absolute atomic E-state index is 0.154. The van der Waals surface area contributed by atoms with E-state index in [2.05, 4.69) is 5.32 Å². The molecule has 0 amide bonds. The van der Waals surface area contributed by atoms with Crippen molar-refractivity contribution in [3.63, 3.8) is 0 Å². The predicted molar refractivity (Wildman–Crippen MR) is 69.6 cm³/mol. The van der Waals surface area contributed by atoms with E-state index >= 15 is 0 Å². The van der Waals surface area contributed by atoms with Gasteiger partial charge in [0.05, 0.1) is 7.11 Å². The van der Waals surface area contributed by atoms with E-state index in [0.717, 1.165) is 16.8 Å². The Bertz CT molecular complexity index is 523. The van der Waals surface area contributed by atoms with Crippen LogP contribution in [0.3, 0.4) is 0 Å². The number of anilines is 1. The van der Waals surface area contributed by atoms with Crippen LogP contribution in [0.15, 0.2) is 42.5 Å². The van der Waals surface area contributed by atoms with Crippen LogP contribution >= 0.6 is 0 Å². The third-order valence-electron chi connectivity index (χ3n) is 2.66. The lowest BCUT2D eigenvalue weighted by molar-refractivity contribution is 0.373. The van der Waals surface area contributed by atoms with Crippen molar-refractivity contribution in [3.05, 3.63) is 42.5 Å². The first-order chi connectivity index (χ1) is 8.24. The van der Waals surface area contributed by atoms with Crippen molar-refractivity contribution in [1.82, 2.24) is 0 Å². The van der Waals surface area contributed by atoms with Gasteiger partial charge in [-0.15, -0.1) is 0 Å². The van der Waals surface area contributed by atoms with Gasteiger partial charge in [0, 0.05) is 12.7 Å². The van der Waals surface area contributed by atoms with Gasteiger partial charge in [-0.2, -0.15) is 0 Å². The molecule has 0 fully saturated rings. The van der Waals surface area contributed by atoms with Crippen LogP contribution in [0.25, 0.3) is 11.1 Å². The molecule has 2 N–H and O–H groups in total. The second-order valence-electron chi connectivity index (χ2n) is 3.72. The van der Waals surface area contributed by atoms with Gasteiger partial charge in [-0.3, -0.25) is 0 Å². The molecule has 0 saturated heterocycles. The lowest BCUT2D eigenvalue weighted by Crippen LogP contribution is -1.89. The quantitative estimate of drug-likeness (QED) is 0.849. The van der Waals surface area contributed by atoms with Gasteiger partial charge in [-0.05, 0) is 35.4 Å². The first-order valence-electron chi connectivity index (χ1n) is 5.40. The van der Waals surface area contributed by atoms with E-state index in [1.807, 2.05) is 43.4 Å². The van der Waals surface area contributed by atoms with Crippen LogP contribution in [0.4, 0.5) is 5.69 Å². The molecule has 0 aliphatic rings. The average molecular weight is 229 g/mol. The Morgan fingerprint density at radius 2 is 1.82 bits per heavy atom. The molecule has 88 valence electrons. The molecule has 2 aromatic carbocycles. The van der Waals surface area contributed by atoms with Crippen LogP contribution in [0.2, 0.25) is 0 Å². The van der Waals surface area contributed by atoms with Gasteiger partial charge in [0.15, 0.2) is 11.5 Å². The largest absolute Gasteiger partial charge is 0.504 e. The molecule has 3 nitrogen and oxygen atoms in total. The van der Waals surface area contributed by atoms with Gasteiger partial charge in [0.25, 0.3) is 0 Å². The van der Waals surface area contributed by atoms with Gasteiger partial charge >= 0.3 is 0 Å². The number of methoxy groups -OCH3 is 1. The maximum absolute atomic E-state index is 9.55. The average Bonchev–Trinajstić information content (AvgIpc) is 2.39. The molecule has 0 spiro atoms. The fourth-order valence-corrected chi connectivity index (χ4v) is 1.71. The number of phenols is 1. The van der Waals surface area contributed by atoms with E-state index in [1.54, 1.807) is 13.2 Å². The highest BCUT2D eigenvalue weighted by Gasteiger charge is 2.04. The van der Waals surface area contributed by atoms with E-state index in [0.29, 0.717) is 5.75 Å². The van der Waals surface area contributed by atoms with E-state index < -0.39 is 0 Å². The fourth-order valence-electron chi connectivity index (χ4n) is 1.71. The number of hydrogen-bond donors (Lipinski definition) is 2. The first kappa shape index (κ1) is 11.3. The molecule has 2 aromatic rings. The molecule has 17 heavy (non-hydrogen) atoms. The van der Waals surface area contributed by atoms with Crippen LogP contribution < -0.4 is 10.1 Å². The summed E-state index contributed by atoms with van der Waals surface area (Å²) in [6.45, 7) is 0. The van der Waals surface area contributed by atoms with Gasteiger partial charge in [0.1, 0.15) is 0 Å². The van der Waals surface area contributed by atoms with Gasteiger partial charge < -0.3 is 15.2 Å². The number of nitrogens with one attached hydrogen (secondary N) is 1. The molecular weight excluding hydrogens is 214 g/mol. The smallest absolute Gasteiger partial charge is 0.161 e. The molecule has 2 rings (SSSR count). The maximum atomic E-state index is 9.55. The number of hydrogen-bond acceptors (Lipinski definition) is 3. The normalized spacial score (nSPS) is 10.0. The third kappa shape index (κ3) is 2.33. The Kier molecular flexibility index (Phi) is 3.19. The number of ether oxygens (including phenoxy) is 1. The number of aromatic hydroxyl groups is 1. The van der Waals surface area contributed by atoms with Crippen molar-refractivity contribution in [3.8, 4) is 22.6 Å². The third-order valence-corrected chi connectivity index (χ3v) is 2.66. The molecular formula is C14H15NO2. The van der Waals surface area contributed by atoms with Crippen LogP contribution in [0, 0.1) is 0 Å². The molecule has 0 heterocycles. The minimum atomic E-state index is 0.154. The van der Waals surface area contributed by atoms with Crippen LogP contribution in [-0.4, -0.2) is 19.3 Å². The summed E-state index contributed by atoms with van der Waals surface area (Å²) >= 11 is 0. The second kappa shape index (κ2) is 4.78. The summed E-state index contributed by atoms with van der Waals surface area (Å²) in [4.78, 5) is 0. The van der Waals surface area contributed by atoms with Crippen molar-refractivity contribution < 1.29 is 9.84 Å². The molecule has 0 atom stereocenters. The summed E-state index contributed by atoms with van der Waals surface area (Å²) in [5.41, 5.74) is 3.14. The Morgan fingerprint density at radius 1 is 1.06 bits per heavy atom. The van der Waals surface area contributed by atoms with Gasteiger partial charge in [-0.1, -0.05) is 18.2 Å². The van der Waals surface area contributed by atoms with Crippen LogP contribution in [0.1, 0.15) is 0 Å². The maximum Gasteiger partial charge on any atom is 0.161 e. The molecule has 3 heteroatoms. The SMILES string of the molecule is CNc1cccc(-c2ccc(O)c(OC)c2)c1. The van der Waals surface area contributed by atoms with Crippen molar-refractivity contribution >= 4 is 5.69 Å². The summed E-state index contributed by atoms with van der Waals surface area (Å²) in [5.74, 6) is 0.637. The number of rotatable bonds is 3. The zero-order chi connectivity index (χ0) is 12.3. The Hall–Kier alpha value is -2.16. The summed E-state index contributed by atoms with van der Waals surface area (Å²) < 4.78 is 5.10. The van der Waals surface area contributed by atoms with Crippen LogP contribution in [0.5, 0.6) is 11.5 Å². The second-order valence-corrected chi connectivity index (χ2v) is 3.72. The molecule has 0 aliphatic heterocycles. The highest BCUT2D eigenvalue weighted by molar-refractivity contribution is 5.70. The molecule has 0 saturated carbocycles. The van der Waals surface area contributed by atoms with E-state index in [1.165, 1.54) is 0 Å². The van der Waals surface area contributed by atoms with Gasteiger partial charge in [-0.25, -0.2) is 0 Å². The van der Waals surface area contributed by atoms with Crippen molar-refractivity contribution in [1.29, 1.82) is 0 Å².